The number of hydrogen-bond donors (Lipinski definition) is 0. The van der Waals surface area contributed by atoms with Crippen molar-refractivity contribution in [1.82, 2.24) is 13.7 Å². The molecule has 0 saturated carbocycles. The van der Waals surface area contributed by atoms with Crippen LogP contribution in [0.2, 0.25) is 0 Å². The molecule has 0 atom stereocenters. The predicted molar refractivity (Wildman–Crippen MR) is 418 cm³/mol. The lowest BCUT2D eigenvalue weighted by molar-refractivity contribution is 0.763. The van der Waals surface area contributed by atoms with Crippen molar-refractivity contribution >= 4 is 65.4 Å². The number of nitrogens with zero attached hydrogens (tertiary/aromatic N) is 3. The number of para-hydroxylation sites is 6. The van der Waals surface area contributed by atoms with E-state index in [2.05, 4.69) is 359 Å². The van der Waals surface area contributed by atoms with Crippen LogP contribution in [0, 0.1) is 0 Å². The molecule has 0 amide bonds. The van der Waals surface area contributed by atoms with E-state index in [1.807, 2.05) is 0 Å². The van der Waals surface area contributed by atoms with Crippen LogP contribution in [0.15, 0.2) is 346 Å². The smallest absolute Gasteiger partial charge is 0.0732 e. The topological polar surface area (TPSA) is 14.8 Å². The summed E-state index contributed by atoms with van der Waals surface area (Å²) in [6, 6.07) is 134. The number of fused-ring (bicyclic) bond motifs is 42. The van der Waals surface area contributed by atoms with Gasteiger partial charge in [0.2, 0.25) is 0 Å². The third kappa shape index (κ3) is 6.04. The minimum absolute atomic E-state index is 0.848. The van der Waals surface area contributed by atoms with E-state index in [1.54, 1.807) is 0 Å². The molecule has 3 heteroatoms. The molecule has 0 fully saturated rings. The standard InChI is InChI=1S/C99H57N3/c1-13-37-76-61(25-1)62-26-2-14-38-77(62)97(76)82-55-58(100-85-43-19-7-31-67(85)68-32-8-20-44-86(68)100)49-52-73(82)91-94(97)92-74-53-50-59(101-87-45-21-9-33-69(87)70-34-10-22-46-88(70)101)56-83(74)98(78-39-15-3-27-63(78)64-28-4-16-40-79(64)98)96(92)93-75-54-51-60(102-89-47-23-11-35-71(89)72-36-12-24-48-90(72)102)57-84(75)99(95(91)93)80-41-17-5-29-65(80)66-30-6-18-42-81(66)99/h1-57H. The molecular weight excluding hydrogens is 1230 g/mol. The van der Waals surface area contributed by atoms with Crippen LogP contribution in [0.3, 0.4) is 0 Å². The van der Waals surface area contributed by atoms with Crippen LogP contribution in [0.25, 0.3) is 149 Å². The maximum absolute atomic E-state index is 2.65. The number of aromatic nitrogens is 3. The van der Waals surface area contributed by atoms with Crippen LogP contribution in [-0.4, -0.2) is 13.7 Å². The highest BCUT2D eigenvalue weighted by molar-refractivity contribution is 6.16. The van der Waals surface area contributed by atoms with Crippen LogP contribution < -0.4 is 0 Å². The van der Waals surface area contributed by atoms with Crippen molar-refractivity contribution in [3.63, 3.8) is 0 Å². The monoisotopic (exact) mass is 1290 g/mol. The fraction of sp³-hybridized carbons (Fsp3) is 0.0303. The largest absolute Gasteiger partial charge is 0.309 e. The molecular formula is C99H57N3. The molecule has 3 heterocycles. The minimum Gasteiger partial charge on any atom is -0.309 e. The second-order valence-corrected chi connectivity index (χ2v) is 29.1. The fourth-order valence-corrected chi connectivity index (χ4v) is 21.7. The summed E-state index contributed by atoms with van der Waals surface area (Å²) in [6.45, 7) is 0. The summed E-state index contributed by atoms with van der Waals surface area (Å²) < 4.78 is 7.65. The third-order valence-corrected chi connectivity index (χ3v) is 25.0. The molecule has 6 aliphatic carbocycles. The molecule has 16 aromatic carbocycles. The van der Waals surface area contributed by atoms with Gasteiger partial charge in [-0.2, -0.15) is 0 Å². The Bertz CT molecular complexity index is 6110. The molecule has 19 aromatic rings. The Morgan fingerprint density at radius 3 is 0.559 bits per heavy atom. The van der Waals surface area contributed by atoms with E-state index in [4.69, 9.17) is 0 Å². The molecule has 25 rings (SSSR count). The highest BCUT2D eigenvalue weighted by Crippen LogP contribution is 2.77. The molecule has 0 bridgehead atoms. The minimum atomic E-state index is -0.848. The molecule has 0 saturated heterocycles. The maximum atomic E-state index is 2.65. The summed E-state index contributed by atoms with van der Waals surface area (Å²) >= 11 is 0. The second kappa shape index (κ2) is 18.8. The van der Waals surface area contributed by atoms with Gasteiger partial charge in [-0.25, -0.2) is 0 Å². The van der Waals surface area contributed by atoms with Gasteiger partial charge in [-0.3, -0.25) is 0 Å². The van der Waals surface area contributed by atoms with Gasteiger partial charge in [0.15, 0.2) is 0 Å². The van der Waals surface area contributed by atoms with Crippen molar-refractivity contribution < 1.29 is 0 Å². The summed E-state index contributed by atoms with van der Waals surface area (Å²) in [5, 5.41) is 7.48. The third-order valence-electron chi connectivity index (χ3n) is 25.0. The van der Waals surface area contributed by atoms with Crippen molar-refractivity contribution in [2.75, 3.05) is 0 Å². The molecule has 3 aromatic heterocycles. The van der Waals surface area contributed by atoms with Gasteiger partial charge < -0.3 is 13.7 Å². The van der Waals surface area contributed by atoms with Crippen LogP contribution in [-0.2, 0) is 16.2 Å². The highest BCUT2D eigenvalue weighted by atomic mass is 15.0. The van der Waals surface area contributed by atoms with Gasteiger partial charge in [-0.15, -0.1) is 0 Å². The molecule has 3 spiro atoms. The van der Waals surface area contributed by atoms with E-state index >= 15 is 0 Å². The average Bonchev–Trinajstić information content (AvgIpc) is 1.45. The summed E-state index contributed by atoms with van der Waals surface area (Å²) in [4.78, 5) is 0. The van der Waals surface area contributed by atoms with Crippen molar-refractivity contribution in [3.05, 3.63) is 413 Å². The van der Waals surface area contributed by atoms with Crippen molar-refractivity contribution in [2.45, 2.75) is 16.2 Å². The molecule has 0 aliphatic heterocycles. The van der Waals surface area contributed by atoms with Crippen LogP contribution in [0.1, 0.15) is 66.8 Å². The first-order valence-electron chi connectivity index (χ1n) is 35.9. The quantitative estimate of drug-likeness (QED) is 0.167. The van der Waals surface area contributed by atoms with Gasteiger partial charge in [-0.1, -0.05) is 273 Å². The number of benzene rings is 16. The van der Waals surface area contributed by atoms with E-state index in [1.165, 1.54) is 199 Å². The van der Waals surface area contributed by atoms with E-state index in [0.717, 1.165) is 17.1 Å². The van der Waals surface area contributed by atoms with Crippen LogP contribution in [0.5, 0.6) is 0 Å². The molecule has 102 heavy (non-hydrogen) atoms. The van der Waals surface area contributed by atoms with Crippen molar-refractivity contribution in [3.8, 4) is 83.8 Å². The fourth-order valence-electron chi connectivity index (χ4n) is 21.7. The van der Waals surface area contributed by atoms with Gasteiger partial charge in [0.25, 0.3) is 0 Å². The van der Waals surface area contributed by atoms with Crippen LogP contribution in [0.4, 0.5) is 0 Å². The summed E-state index contributed by atoms with van der Waals surface area (Å²) in [5.74, 6) is 0. The lowest BCUT2D eigenvalue weighted by Gasteiger charge is -2.37. The normalized spacial score (nSPS) is 14.7. The zero-order valence-corrected chi connectivity index (χ0v) is 55.3. The van der Waals surface area contributed by atoms with Crippen molar-refractivity contribution in [2.24, 2.45) is 0 Å². The Morgan fingerprint density at radius 2 is 0.343 bits per heavy atom. The van der Waals surface area contributed by atoms with Gasteiger partial charge in [0, 0.05) is 49.4 Å². The lowest BCUT2D eigenvalue weighted by atomic mass is 9.63. The predicted octanol–water partition coefficient (Wildman–Crippen LogP) is 24.0. The van der Waals surface area contributed by atoms with Gasteiger partial charge in [0.1, 0.15) is 0 Å². The molecule has 6 aliphatic rings. The first-order valence-corrected chi connectivity index (χ1v) is 35.9. The number of hydrogen-bond acceptors (Lipinski definition) is 0. The Kier molecular flexibility index (Phi) is 9.94. The van der Waals surface area contributed by atoms with E-state index < -0.39 is 16.2 Å². The zero-order chi connectivity index (χ0) is 66.1. The molecule has 3 nitrogen and oxygen atoms in total. The molecule has 0 N–H and O–H groups in total. The SMILES string of the molecule is c1ccc2c(c1)-c1ccccc1C21c2cc(-n3c4ccccc4c4ccccc43)ccc2-c2c1c1c(c3c2C2(c4ccccc4-c4ccccc42)c2cc(-n4c5ccccc5c5ccccc54)ccc2-3)C2(c3ccccc3-c3ccccc32)c2cc(-n3c4ccccc4c4ccccc43)ccc2-1. The average molecular weight is 1290 g/mol. The highest BCUT2D eigenvalue weighted by Gasteiger charge is 2.65. The van der Waals surface area contributed by atoms with E-state index in [9.17, 15) is 0 Å². The van der Waals surface area contributed by atoms with Crippen molar-refractivity contribution in [1.29, 1.82) is 0 Å². The Labute approximate surface area is 588 Å². The molecule has 0 radical (unpaired) electrons. The van der Waals surface area contributed by atoms with Gasteiger partial charge >= 0.3 is 0 Å². The first-order chi connectivity index (χ1) is 50.7. The molecule has 468 valence electrons. The summed E-state index contributed by atoms with van der Waals surface area (Å²) in [7, 11) is 0. The summed E-state index contributed by atoms with van der Waals surface area (Å²) in [6.07, 6.45) is 0. The maximum Gasteiger partial charge on any atom is 0.0732 e. The summed E-state index contributed by atoms with van der Waals surface area (Å²) in [5.41, 5.74) is 39.4. The van der Waals surface area contributed by atoms with Gasteiger partial charge in [-0.05, 0) is 206 Å². The van der Waals surface area contributed by atoms with Gasteiger partial charge in [0.05, 0.1) is 49.3 Å². The Hall–Kier alpha value is -13.1. The van der Waals surface area contributed by atoms with Crippen LogP contribution >= 0.6 is 0 Å². The second-order valence-electron chi connectivity index (χ2n) is 29.1. The van der Waals surface area contributed by atoms with E-state index in [-0.39, 0.29) is 0 Å². The van der Waals surface area contributed by atoms with E-state index in [0.29, 0.717) is 0 Å². The first kappa shape index (κ1) is 53.9. The Morgan fingerprint density at radius 1 is 0.157 bits per heavy atom. The zero-order valence-electron chi connectivity index (χ0n) is 55.3. The molecule has 0 unspecified atom stereocenters. The number of rotatable bonds is 3. The Balaban J connectivity index is 0.931. The lowest BCUT2D eigenvalue weighted by Crippen LogP contribution is -2.31.